The highest BCUT2D eigenvalue weighted by molar-refractivity contribution is 9.09. The number of nitrogens with zero attached hydrogens (tertiary/aromatic N) is 1. The van der Waals surface area contributed by atoms with Crippen molar-refractivity contribution < 1.29 is 44.0 Å². The fourth-order valence-electron chi connectivity index (χ4n) is 14.9. The van der Waals surface area contributed by atoms with Gasteiger partial charge in [0.25, 0.3) is 0 Å². The molecule has 5 N–H and O–H groups in total. The summed E-state index contributed by atoms with van der Waals surface area (Å²) in [6, 6.07) is 4.24. The number of aliphatic carboxylic acids is 2. The second kappa shape index (κ2) is 20.8. The van der Waals surface area contributed by atoms with Crippen LogP contribution in [0.1, 0.15) is 152 Å². The third kappa shape index (κ3) is 11.5. The van der Waals surface area contributed by atoms with Crippen LogP contribution in [0.4, 0.5) is 0 Å². The highest BCUT2D eigenvalue weighted by Gasteiger charge is 2.54. The van der Waals surface area contributed by atoms with Crippen molar-refractivity contribution >= 4 is 39.7 Å². The number of hydrogen-bond donors (Lipinski definition) is 5. The molecule has 2 heterocycles. The number of carbonyl (C=O) groups is 4. The highest BCUT2D eigenvalue weighted by Crippen LogP contribution is 2.58. The molecule has 12 nitrogen and oxygen atoms in total. The topological polar surface area (TPSA) is 175 Å². The number of aliphatic hydroxyl groups excluding tert-OH is 1. The van der Waals surface area contributed by atoms with Gasteiger partial charge in [-0.25, -0.2) is 9.59 Å². The Labute approximate surface area is 394 Å². The standard InChI is InChI=1S/C32H44N2O4.C16H26BrNO.C4H4O4/c1-37-26-7-6-24-20-34(12-10-32-9-8-25(35)16-27(32)38-30(26)29(24)32)11-4-2-3-5-28(36)33-31-17-21-13-22(18-31)15-23(14-21)19-31;17-5-3-1-2-4-15(19)18-16-9-12-6-13(10-16)8-14(7-12)11-16;5-3(6)1-2-4(7)8/h6-9,21-23,25,27,35H,2-5,10-20H2,1H3,(H,33,36);12-14H,1-11H2,(H,18,19);1-2H,(H,5,6)(H,7,8)/b;;2-1+/t21?,22?,23?,25-,27-,31?,32-;;/m0../s1. The number of ether oxygens (including phenoxy) is 2. The number of rotatable bonds is 16. The van der Waals surface area contributed by atoms with Gasteiger partial charge in [0.05, 0.1) is 18.6 Å². The first-order valence-electron chi connectivity index (χ1n) is 25.1. The smallest absolute Gasteiger partial charge is 0.328 e. The number of unbranched alkanes of at least 4 members (excludes halogenated alkanes) is 4. The molecule has 1 aromatic rings. The number of carbonyl (C=O) groups excluding carboxylic acids is 2. The fourth-order valence-corrected chi connectivity index (χ4v) is 15.3. The summed E-state index contributed by atoms with van der Waals surface area (Å²) in [7, 11) is 1.70. The Kier molecular flexibility index (Phi) is 15.4. The molecule has 1 spiro atoms. The van der Waals surface area contributed by atoms with E-state index >= 15 is 0 Å². The number of alkyl halides is 1. The minimum absolute atomic E-state index is 0.0417. The number of halogens is 1. The summed E-state index contributed by atoms with van der Waals surface area (Å²) in [6.07, 6.45) is 30.5. The third-order valence-corrected chi connectivity index (χ3v) is 17.3. The number of carboxylic acids is 2. The molecule has 8 fully saturated rings. The van der Waals surface area contributed by atoms with E-state index in [0.29, 0.717) is 36.8 Å². The molecule has 0 aromatic heterocycles. The Bertz CT molecular complexity index is 1860. The Balaban J connectivity index is 0.000000177. The Morgan fingerprint density at radius 3 is 1.74 bits per heavy atom. The molecule has 0 saturated heterocycles. The normalized spacial score (nSPS) is 35.1. The number of methoxy groups -OCH3 is 1. The molecule has 11 aliphatic rings. The molecule has 8 saturated carbocycles. The van der Waals surface area contributed by atoms with Gasteiger partial charge in [-0.3, -0.25) is 14.5 Å². The lowest BCUT2D eigenvalue weighted by molar-refractivity contribution is -0.134. The molecule has 3 atom stereocenters. The first-order valence-corrected chi connectivity index (χ1v) is 26.2. The van der Waals surface area contributed by atoms with E-state index in [1.165, 1.54) is 101 Å². The lowest BCUT2D eigenvalue weighted by atomic mass is 9.53. The lowest BCUT2D eigenvalue weighted by Crippen LogP contribution is -2.59. The average molecular weight is 965 g/mol. The van der Waals surface area contributed by atoms with Gasteiger partial charge >= 0.3 is 11.9 Å². The van der Waals surface area contributed by atoms with Crippen molar-refractivity contribution in [1.82, 2.24) is 15.5 Å². The van der Waals surface area contributed by atoms with Crippen LogP contribution in [-0.4, -0.2) is 92.8 Å². The van der Waals surface area contributed by atoms with Crippen LogP contribution < -0.4 is 20.1 Å². The van der Waals surface area contributed by atoms with Crippen LogP contribution in [0.25, 0.3) is 0 Å². The zero-order valence-electron chi connectivity index (χ0n) is 38.6. The van der Waals surface area contributed by atoms with Gasteiger partial charge in [-0.2, -0.15) is 0 Å². The molecular formula is C52H74BrN3O9. The van der Waals surface area contributed by atoms with Crippen LogP contribution >= 0.6 is 15.9 Å². The minimum atomic E-state index is -1.26. The van der Waals surface area contributed by atoms with Crippen molar-refractivity contribution in [1.29, 1.82) is 0 Å². The molecule has 1 aromatic carbocycles. The van der Waals surface area contributed by atoms with Gasteiger partial charge in [0, 0.05) is 59.9 Å². The molecule has 0 radical (unpaired) electrons. The van der Waals surface area contributed by atoms with Gasteiger partial charge in [-0.1, -0.05) is 47.0 Å². The summed E-state index contributed by atoms with van der Waals surface area (Å²) in [5, 5.41) is 34.0. The Morgan fingerprint density at radius 1 is 0.754 bits per heavy atom. The first kappa shape index (κ1) is 48.1. The molecule has 8 bridgehead atoms. The van der Waals surface area contributed by atoms with Crippen LogP contribution in [0.15, 0.2) is 36.4 Å². The van der Waals surface area contributed by atoms with Gasteiger partial charge in [0.1, 0.15) is 6.10 Å². The van der Waals surface area contributed by atoms with Crippen molar-refractivity contribution in [2.24, 2.45) is 35.5 Å². The van der Waals surface area contributed by atoms with E-state index in [2.05, 4.69) is 43.6 Å². The van der Waals surface area contributed by atoms with Crippen LogP contribution in [0.3, 0.4) is 0 Å². The summed E-state index contributed by atoms with van der Waals surface area (Å²) in [6.45, 7) is 2.96. The predicted molar refractivity (Wildman–Crippen MR) is 252 cm³/mol. The van der Waals surface area contributed by atoms with E-state index in [9.17, 15) is 24.3 Å². The third-order valence-electron chi connectivity index (χ3n) is 16.7. The molecule has 65 heavy (non-hydrogen) atoms. The van der Waals surface area contributed by atoms with E-state index in [1.54, 1.807) is 7.11 Å². The first-order chi connectivity index (χ1) is 31.3. The Hall–Kier alpha value is -3.42. The predicted octanol–water partition coefficient (Wildman–Crippen LogP) is 8.60. The fraction of sp³-hybridized carbons (Fsp3) is 0.731. The van der Waals surface area contributed by atoms with E-state index in [1.807, 2.05) is 12.1 Å². The number of carboxylic acid groups (broad SMARTS) is 2. The van der Waals surface area contributed by atoms with E-state index < -0.39 is 18.0 Å². The Morgan fingerprint density at radius 2 is 1.26 bits per heavy atom. The van der Waals surface area contributed by atoms with Gasteiger partial charge in [0.15, 0.2) is 11.5 Å². The lowest BCUT2D eigenvalue weighted by Gasteiger charge is -2.57. The van der Waals surface area contributed by atoms with E-state index in [-0.39, 0.29) is 22.6 Å². The van der Waals surface area contributed by atoms with Gasteiger partial charge in [-0.15, -0.1) is 0 Å². The number of benzene rings is 1. The number of nitrogens with one attached hydrogen (secondary N) is 2. The van der Waals surface area contributed by atoms with Crippen LogP contribution in [0.5, 0.6) is 11.5 Å². The van der Waals surface area contributed by atoms with Gasteiger partial charge < -0.3 is 35.4 Å². The van der Waals surface area contributed by atoms with Gasteiger partial charge in [-0.05, 0) is 169 Å². The maximum atomic E-state index is 12.9. The molecule has 2 amide bonds. The SMILES string of the molecule is COc1ccc2c3c1O[C@H]1C[C@@H](O)C=C[C@@]31CCN(CCCCCC(=O)NC13CC4CC(CC(C4)C1)C3)C2.O=C(CCCCCBr)NC12CC3CC(CC(C3)C1)C2.O=C(O)/C=C/C(=O)O. The summed E-state index contributed by atoms with van der Waals surface area (Å²) in [5.41, 5.74) is 2.76. The number of aliphatic hydroxyl groups is 1. The average Bonchev–Trinajstić information content (AvgIpc) is 3.48. The molecule has 9 aliphatic carbocycles. The number of hydrogen-bond acceptors (Lipinski definition) is 8. The second-order valence-corrected chi connectivity index (χ2v) is 22.6. The van der Waals surface area contributed by atoms with Crippen LogP contribution in [-0.2, 0) is 31.1 Å². The largest absolute Gasteiger partial charge is 0.493 e. The number of amides is 2. The zero-order chi connectivity index (χ0) is 45.8. The highest BCUT2D eigenvalue weighted by atomic mass is 79.9. The van der Waals surface area contributed by atoms with Crippen molar-refractivity contribution in [3.05, 3.63) is 47.6 Å². The van der Waals surface area contributed by atoms with E-state index in [4.69, 9.17) is 19.7 Å². The maximum absolute atomic E-state index is 12.9. The van der Waals surface area contributed by atoms with Crippen LogP contribution in [0, 0.1) is 35.5 Å². The molecule has 358 valence electrons. The molecule has 13 heteroatoms. The van der Waals surface area contributed by atoms with Crippen molar-refractivity contribution in [2.45, 2.75) is 177 Å². The maximum Gasteiger partial charge on any atom is 0.328 e. The summed E-state index contributed by atoms with van der Waals surface area (Å²) in [4.78, 5) is 46.7. The minimum Gasteiger partial charge on any atom is -0.493 e. The summed E-state index contributed by atoms with van der Waals surface area (Å²) < 4.78 is 12.1. The van der Waals surface area contributed by atoms with Crippen molar-refractivity contribution in [2.75, 3.05) is 25.5 Å². The van der Waals surface area contributed by atoms with Crippen LogP contribution in [0.2, 0.25) is 0 Å². The quantitative estimate of drug-likeness (QED) is 0.0467. The van der Waals surface area contributed by atoms with Crippen molar-refractivity contribution in [3.8, 4) is 11.5 Å². The van der Waals surface area contributed by atoms with Gasteiger partial charge in [0.2, 0.25) is 11.8 Å². The van der Waals surface area contributed by atoms with Crippen molar-refractivity contribution in [3.63, 3.8) is 0 Å². The van der Waals surface area contributed by atoms with E-state index in [0.717, 1.165) is 110 Å². The zero-order valence-corrected chi connectivity index (χ0v) is 40.2. The molecule has 12 rings (SSSR count). The molecule has 0 unspecified atom stereocenters. The monoisotopic (exact) mass is 963 g/mol. The molecular weight excluding hydrogens is 890 g/mol. The summed E-state index contributed by atoms with van der Waals surface area (Å²) in [5.74, 6) is 5.12. The molecule has 2 aliphatic heterocycles. The summed E-state index contributed by atoms with van der Waals surface area (Å²) >= 11 is 3.44. The second-order valence-electron chi connectivity index (χ2n) is 21.8.